The molecule has 0 aliphatic rings. The van der Waals surface area contributed by atoms with Crippen molar-refractivity contribution in [2.24, 2.45) is 0 Å². The van der Waals surface area contributed by atoms with Crippen LogP contribution < -0.4 is 63.4 Å². The predicted molar refractivity (Wildman–Crippen MR) is 220 cm³/mol. The first-order valence-electron chi connectivity index (χ1n) is 18.8. The van der Waals surface area contributed by atoms with E-state index >= 15 is 0 Å². The molecular formula is C39H50Cl4F6IN4NaO13. The van der Waals surface area contributed by atoms with Crippen molar-refractivity contribution < 1.29 is 133 Å². The van der Waals surface area contributed by atoms with Crippen LogP contribution in [0.15, 0.2) is 36.4 Å². The Morgan fingerprint density at radius 2 is 0.971 bits per heavy atom. The summed E-state index contributed by atoms with van der Waals surface area (Å²) in [6, 6.07) is 8.23. The summed E-state index contributed by atoms with van der Waals surface area (Å²) in [5.74, 6) is -4.28. The van der Waals surface area contributed by atoms with Crippen molar-refractivity contribution in [1.29, 1.82) is 0 Å². The molecule has 0 saturated carbocycles. The largest absolute Gasteiger partial charge is 1.00 e. The summed E-state index contributed by atoms with van der Waals surface area (Å²) in [6.45, 7) is 7.52. The minimum atomic E-state index is -5.94. The van der Waals surface area contributed by atoms with Gasteiger partial charge in [-0.2, -0.15) is 26.3 Å². The summed E-state index contributed by atoms with van der Waals surface area (Å²) < 4.78 is 123. The van der Waals surface area contributed by atoms with Crippen LogP contribution >= 0.6 is 46.4 Å². The Bertz CT molecular complexity index is 2030. The first-order chi connectivity index (χ1) is 30.0. The van der Waals surface area contributed by atoms with Gasteiger partial charge in [0.05, 0.1) is 43.9 Å². The van der Waals surface area contributed by atoms with Crippen LogP contribution in [0.4, 0.5) is 35.9 Å². The Labute approximate surface area is 437 Å². The number of rotatable bonds is 13. The fourth-order valence-corrected chi connectivity index (χ4v) is 6.55. The molecule has 0 heterocycles. The van der Waals surface area contributed by atoms with Crippen molar-refractivity contribution >= 4 is 76.7 Å². The predicted octanol–water partition coefficient (Wildman–Crippen LogP) is -2.26. The number of carbonyl (C=O) groups excluding carboxylic acids is 5. The average Bonchev–Trinajstić information content (AvgIpc) is 3.15. The standard InChI is InChI=1S/C20H27Cl2F3N2O5.C19H23Cl2F3N2O4.IO4.Na/c1-18(2,3)32-17(31)27(5)19(9-13(29)10-28,11-26(4)16(30)20(23,24)25)12-6-7-14(21)15(22)8-12;1-17(2,3)30-16(29)26(5)18(8-9-27,11-25(4)15(28)19(22,23)24)12-6-7-13(20)14(21)10-12;2-1(3,4)5;/h6-8,13,28-29H,9-11H2,1-5H3;6-7,9-10H,8,11H2,1-5H3;;/q;;-1;+1/t13?,19-;18-;;/m11../s1. The summed E-state index contributed by atoms with van der Waals surface area (Å²) in [5, 5.41) is 20.1. The SMILES string of the molecule is CN(C[C@](CC(O)CO)(c1ccc(Cl)c(Cl)c1)N(C)C(=O)OC(C)(C)C)C(=O)C(F)(F)F.CN(C[C@](CC=O)(c1ccc(Cl)c(Cl)c1)N(C)C(=O)OC(C)(C)C)C(=O)C(F)(F)F.[Na+].[O-][I+3]([O-])([O-])[O-]. The molecule has 17 nitrogen and oxygen atoms in total. The van der Waals surface area contributed by atoms with E-state index in [2.05, 4.69) is 0 Å². The maximum absolute atomic E-state index is 13.1. The summed E-state index contributed by atoms with van der Waals surface area (Å²) in [5.41, 5.74) is -4.95. The fourth-order valence-electron chi connectivity index (χ4n) is 5.96. The second-order valence-electron chi connectivity index (χ2n) is 16.5. The second kappa shape index (κ2) is 27.0. The van der Waals surface area contributed by atoms with Crippen LogP contribution in [0.25, 0.3) is 0 Å². The number of ether oxygens (including phenoxy) is 2. The Balaban J connectivity index is 0. The van der Waals surface area contributed by atoms with Crippen LogP contribution in [0.2, 0.25) is 20.1 Å². The van der Waals surface area contributed by atoms with E-state index in [0.29, 0.717) is 16.1 Å². The smallest absolute Gasteiger partial charge is 0.444 e. The van der Waals surface area contributed by atoms with Gasteiger partial charge < -0.3 is 34.3 Å². The molecule has 0 radical (unpaired) electrons. The molecule has 4 amide bonds. The van der Waals surface area contributed by atoms with E-state index in [-0.39, 0.29) is 60.8 Å². The maximum Gasteiger partial charge on any atom is 1.00 e. The van der Waals surface area contributed by atoms with Crippen molar-refractivity contribution in [2.75, 3.05) is 47.9 Å². The number of aldehydes is 1. The van der Waals surface area contributed by atoms with E-state index < -0.39 is 117 Å². The number of amides is 4. The van der Waals surface area contributed by atoms with Crippen LogP contribution in [0.1, 0.15) is 65.5 Å². The van der Waals surface area contributed by atoms with Crippen molar-refractivity contribution in [2.45, 2.75) is 95.1 Å². The zero-order chi connectivity index (χ0) is 53.1. The van der Waals surface area contributed by atoms with Gasteiger partial charge in [0.2, 0.25) is 0 Å². The van der Waals surface area contributed by atoms with Crippen LogP contribution in [-0.2, 0) is 34.9 Å². The van der Waals surface area contributed by atoms with E-state index in [1.807, 2.05) is 0 Å². The van der Waals surface area contributed by atoms with Gasteiger partial charge in [-0.25, -0.2) is 9.59 Å². The topological polar surface area (TPSA) is 249 Å². The number of hydrogen-bond donors (Lipinski definition) is 2. The van der Waals surface area contributed by atoms with Crippen molar-refractivity contribution in [3.8, 4) is 0 Å². The van der Waals surface area contributed by atoms with Gasteiger partial charge in [0.15, 0.2) is 0 Å². The number of likely N-dealkylation sites (N-methyl/N-ethyl adjacent to an activating group) is 4. The van der Waals surface area contributed by atoms with E-state index in [1.165, 1.54) is 50.5 Å². The Hall–Kier alpha value is -2.18. The quantitative estimate of drug-likeness (QED) is 0.0932. The van der Waals surface area contributed by atoms with Gasteiger partial charge in [0.25, 0.3) is 0 Å². The van der Waals surface area contributed by atoms with Crippen LogP contribution in [0.3, 0.4) is 0 Å². The van der Waals surface area contributed by atoms with Gasteiger partial charge in [-0.1, -0.05) is 58.5 Å². The summed E-state index contributed by atoms with van der Waals surface area (Å²) in [4.78, 5) is 63.6. The first-order valence-corrected chi connectivity index (χ1v) is 23.9. The molecular weight excluding hydrogens is 1140 g/mol. The third kappa shape index (κ3) is 22.1. The molecule has 2 aromatic rings. The van der Waals surface area contributed by atoms with Crippen molar-refractivity contribution in [3.63, 3.8) is 0 Å². The van der Waals surface area contributed by atoms with Crippen molar-refractivity contribution in [3.05, 3.63) is 67.6 Å². The van der Waals surface area contributed by atoms with Gasteiger partial charge in [0.1, 0.15) is 37.6 Å². The third-order valence-corrected chi connectivity index (χ3v) is 10.4. The molecule has 0 bridgehead atoms. The first kappa shape index (κ1) is 67.9. The minimum absolute atomic E-state index is 0. The van der Waals surface area contributed by atoms with E-state index in [4.69, 9.17) is 69.6 Å². The number of halogens is 11. The minimum Gasteiger partial charge on any atom is -0.444 e. The molecule has 0 spiro atoms. The number of aliphatic hydroxyl groups excluding tert-OH is 2. The molecule has 2 aromatic carbocycles. The van der Waals surface area contributed by atoms with Crippen LogP contribution in [0, 0.1) is 0 Å². The number of alkyl halides is 6. The van der Waals surface area contributed by atoms with Crippen LogP contribution in [-0.4, -0.2) is 138 Å². The molecule has 382 valence electrons. The average molecular weight is 1190 g/mol. The molecule has 68 heavy (non-hydrogen) atoms. The molecule has 0 aromatic heterocycles. The normalized spacial score (nSPS) is 14.1. The van der Waals surface area contributed by atoms with E-state index in [9.17, 15) is 60.5 Å². The van der Waals surface area contributed by atoms with Crippen LogP contribution in [0.5, 0.6) is 0 Å². The molecule has 0 aliphatic heterocycles. The van der Waals surface area contributed by atoms with Gasteiger partial charge in [-0.3, -0.25) is 33.1 Å². The molecule has 1 unspecified atom stereocenters. The molecule has 0 saturated heterocycles. The number of carbonyl (C=O) groups is 5. The van der Waals surface area contributed by atoms with Gasteiger partial charge in [0, 0.05) is 54.1 Å². The second-order valence-corrected chi connectivity index (χ2v) is 20.3. The summed E-state index contributed by atoms with van der Waals surface area (Å²) in [6.07, 6.45) is -14.0. The number of hydrogen-bond acceptors (Lipinski definition) is 13. The molecule has 2 rings (SSSR count). The van der Waals surface area contributed by atoms with E-state index in [0.717, 1.165) is 23.9 Å². The summed E-state index contributed by atoms with van der Waals surface area (Å²) >= 11 is 18.1. The zero-order valence-corrected chi connectivity index (χ0v) is 45.7. The zero-order valence-electron chi connectivity index (χ0n) is 38.5. The van der Waals surface area contributed by atoms with Crippen molar-refractivity contribution in [1.82, 2.24) is 19.6 Å². The fraction of sp³-hybridized carbons (Fsp3) is 0.564. The maximum atomic E-state index is 13.1. The number of benzene rings is 2. The Kier molecular flexibility index (Phi) is 27.0. The van der Waals surface area contributed by atoms with Gasteiger partial charge in [-0.05, 0) is 76.9 Å². The Morgan fingerprint density at radius 1 is 0.662 bits per heavy atom. The summed E-state index contributed by atoms with van der Waals surface area (Å²) in [7, 11) is 4.37. The number of nitrogens with zero attached hydrogens (tertiary/aromatic N) is 4. The Morgan fingerprint density at radius 3 is 1.25 bits per heavy atom. The third-order valence-electron chi connectivity index (χ3n) is 8.91. The number of aliphatic hydroxyl groups is 2. The molecule has 29 heteroatoms. The molecule has 0 fully saturated rings. The molecule has 3 atom stereocenters. The molecule has 0 aliphatic carbocycles. The van der Waals surface area contributed by atoms with E-state index in [1.54, 1.807) is 41.5 Å². The monoisotopic (exact) mass is 1190 g/mol. The molecule has 2 N–H and O–H groups in total. The van der Waals surface area contributed by atoms with Gasteiger partial charge >= 0.3 is 65.9 Å². The van der Waals surface area contributed by atoms with Gasteiger partial charge in [-0.15, -0.1) is 0 Å².